The molecule has 1 aromatic carbocycles. The van der Waals surface area contributed by atoms with E-state index in [4.69, 9.17) is 0 Å². The summed E-state index contributed by atoms with van der Waals surface area (Å²) in [5.74, 6) is 0. The lowest BCUT2D eigenvalue weighted by Crippen LogP contribution is -2.15. The molecule has 0 saturated heterocycles. The maximum absolute atomic E-state index is 4.11. The smallest absolute Gasteiger partial charge is 0.0540 e. The van der Waals surface area contributed by atoms with Crippen LogP contribution in [0.15, 0.2) is 29.4 Å². The molecule has 0 unspecified atom stereocenters. The van der Waals surface area contributed by atoms with Crippen LogP contribution < -0.4 is 5.43 Å². The Kier molecular flexibility index (Phi) is 10.9. The van der Waals surface area contributed by atoms with E-state index < -0.39 is 0 Å². The van der Waals surface area contributed by atoms with Gasteiger partial charge in [0.05, 0.1) is 6.21 Å². The van der Waals surface area contributed by atoms with E-state index in [1.165, 1.54) is 5.56 Å². The molecule has 2 nitrogen and oxygen atoms in total. The summed E-state index contributed by atoms with van der Waals surface area (Å²) in [6.07, 6.45) is 1.84. The first-order valence-electron chi connectivity index (χ1n) is 5.54. The van der Waals surface area contributed by atoms with Gasteiger partial charge in [0.25, 0.3) is 0 Å². The van der Waals surface area contributed by atoms with E-state index in [2.05, 4.69) is 43.4 Å². The van der Waals surface area contributed by atoms with Crippen LogP contribution in [0.1, 0.15) is 46.2 Å². The number of hydrazone groups is 1. The Balaban J connectivity index is 0. The van der Waals surface area contributed by atoms with E-state index in [1.54, 1.807) is 0 Å². The molecule has 0 radical (unpaired) electrons. The van der Waals surface area contributed by atoms with Crippen LogP contribution in [0.25, 0.3) is 0 Å². The van der Waals surface area contributed by atoms with E-state index in [0.29, 0.717) is 6.04 Å². The van der Waals surface area contributed by atoms with Gasteiger partial charge in [-0.25, -0.2) is 0 Å². The van der Waals surface area contributed by atoms with E-state index in [-0.39, 0.29) is 7.43 Å². The van der Waals surface area contributed by atoms with Crippen molar-refractivity contribution in [1.82, 2.24) is 5.43 Å². The van der Waals surface area contributed by atoms with Crippen molar-refractivity contribution in [2.75, 3.05) is 0 Å². The van der Waals surface area contributed by atoms with Gasteiger partial charge in [-0.2, -0.15) is 5.10 Å². The molecule has 1 rings (SSSR count). The first-order valence-corrected chi connectivity index (χ1v) is 5.54. The summed E-state index contributed by atoms with van der Waals surface area (Å²) in [4.78, 5) is 0. The van der Waals surface area contributed by atoms with Gasteiger partial charge >= 0.3 is 0 Å². The summed E-state index contributed by atoms with van der Waals surface area (Å²) < 4.78 is 0. The molecule has 0 aromatic heterocycles. The summed E-state index contributed by atoms with van der Waals surface area (Å²) in [7, 11) is 0. The maximum atomic E-state index is 4.11. The second kappa shape index (κ2) is 10.2. The Morgan fingerprint density at radius 2 is 1.88 bits per heavy atom. The van der Waals surface area contributed by atoms with Crippen LogP contribution in [0.3, 0.4) is 0 Å². The molecule has 0 aliphatic heterocycles. The molecule has 16 heavy (non-hydrogen) atoms. The van der Waals surface area contributed by atoms with Crippen LogP contribution in [-0.2, 0) is 0 Å². The summed E-state index contributed by atoms with van der Waals surface area (Å²) in [5.41, 5.74) is 5.37. The van der Waals surface area contributed by atoms with Gasteiger partial charge in [-0.15, -0.1) is 0 Å². The van der Waals surface area contributed by atoms with Gasteiger partial charge in [0.15, 0.2) is 0 Å². The Bertz CT molecular complexity index is 291. The van der Waals surface area contributed by atoms with Crippen LogP contribution in [0.5, 0.6) is 0 Å². The molecule has 1 aromatic rings. The monoisotopic (exact) mass is 222 g/mol. The van der Waals surface area contributed by atoms with Crippen LogP contribution in [0.4, 0.5) is 0 Å². The highest BCUT2D eigenvalue weighted by Gasteiger charge is 1.88. The quantitative estimate of drug-likeness (QED) is 0.607. The second-order valence-electron chi connectivity index (χ2n) is 3.46. The summed E-state index contributed by atoms with van der Waals surface area (Å²) >= 11 is 0. The average molecular weight is 222 g/mol. The first-order chi connectivity index (χ1) is 7.18. The van der Waals surface area contributed by atoms with Gasteiger partial charge in [-0.1, -0.05) is 51.1 Å². The fraction of sp³-hybridized carbons (Fsp3) is 0.500. The molecule has 0 aliphatic carbocycles. The summed E-state index contributed by atoms with van der Waals surface area (Å²) in [5, 5.41) is 4.11. The highest BCUT2D eigenvalue weighted by atomic mass is 15.3. The zero-order valence-electron chi connectivity index (χ0n) is 10.4. The molecule has 1 N–H and O–H groups in total. The Morgan fingerprint density at radius 1 is 1.25 bits per heavy atom. The van der Waals surface area contributed by atoms with Crippen molar-refractivity contribution in [3.8, 4) is 0 Å². The lowest BCUT2D eigenvalue weighted by Gasteiger charge is -2.01. The van der Waals surface area contributed by atoms with Gasteiger partial charge in [-0.05, 0) is 26.3 Å². The fourth-order valence-electron chi connectivity index (χ4n) is 1.01. The van der Waals surface area contributed by atoms with E-state index in [0.717, 1.165) is 5.56 Å². The van der Waals surface area contributed by atoms with Gasteiger partial charge in [0, 0.05) is 6.04 Å². The van der Waals surface area contributed by atoms with Crippen LogP contribution in [0.2, 0.25) is 0 Å². The normalized spacial score (nSPS) is 9.38. The van der Waals surface area contributed by atoms with Crippen LogP contribution in [-0.4, -0.2) is 12.3 Å². The van der Waals surface area contributed by atoms with Crippen molar-refractivity contribution >= 4 is 6.21 Å². The van der Waals surface area contributed by atoms with Crippen LogP contribution in [0, 0.1) is 6.92 Å². The molecule has 92 valence electrons. The lowest BCUT2D eigenvalue weighted by molar-refractivity contribution is 0.623. The third-order valence-corrected chi connectivity index (χ3v) is 1.59. The topological polar surface area (TPSA) is 24.4 Å². The Labute approximate surface area is 101 Å². The molecule has 0 saturated carbocycles. The molecule has 0 heterocycles. The number of hydrogen-bond acceptors (Lipinski definition) is 2. The Morgan fingerprint density at radius 3 is 2.38 bits per heavy atom. The predicted molar refractivity (Wildman–Crippen MR) is 75.1 cm³/mol. The number of benzene rings is 1. The predicted octanol–water partition coefficient (Wildman–Crippen LogP) is 3.99. The molecular weight excluding hydrogens is 196 g/mol. The molecule has 0 spiro atoms. The fourth-order valence-corrected chi connectivity index (χ4v) is 1.01. The minimum Gasteiger partial charge on any atom is -0.308 e. The molecular formula is C14H26N2. The highest BCUT2D eigenvalue weighted by Crippen LogP contribution is 2.00. The van der Waals surface area contributed by atoms with Gasteiger partial charge in [-0.3, -0.25) is 0 Å². The van der Waals surface area contributed by atoms with Gasteiger partial charge in [0.1, 0.15) is 0 Å². The van der Waals surface area contributed by atoms with Crippen molar-refractivity contribution in [3.63, 3.8) is 0 Å². The second-order valence-corrected chi connectivity index (χ2v) is 3.46. The van der Waals surface area contributed by atoms with Crippen molar-refractivity contribution in [1.29, 1.82) is 0 Å². The highest BCUT2D eigenvalue weighted by molar-refractivity contribution is 5.79. The van der Waals surface area contributed by atoms with E-state index in [9.17, 15) is 0 Å². The zero-order chi connectivity index (χ0) is 11.7. The SMILES string of the molecule is C.CC.Cc1cccc(/C=N/NC(C)C)c1. The molecule has 0 fully saturated rings. The minimum absolute atomic E-state index is 0. The molecule has 0 amide bonds. The molecule has 2 heteroatoms. The zero-order valence-corrected chi connectivity index (χ0v) is 10.4. The Hall–Kier alpha value is -1.31. The first kappa shape index (κ1) is 17.1. The molecule has 0 bridgehead atoms. The number of hydrogen-bond donors (Lipinski definition) is 1. The standard InChI is InChI=1S/C11H16N2.C2H6.CH4/c1-9(2)13-12-8-11-6-4-5-10(3)7-11;1-2;/h4-9,13H,1-3H3;1-2H3;1H4/b12-8+;;. The van der Waals surface area contributed by atoms with Crippen molar-refractivity contribution in [2.24, 2.45) is 5.10 Å². The van der Waals surface area contributed by atoms with Crippen molar-refractivity contribution in [3.05, 3.63) is 35.4 Å². The molecule has 0 atom stereocenters. The average Bonchev–Trinajstić information content (AvgIpc) is 2.20. The van der Waals surface area contributed by atoms with E-state index >= 15 is 0 Å². The summed E-state index contributed by atoms with van der Waals surface area (Å²) in [6.45, 7) is 10.2. The van der Waals surface area contributed by atoms with Crippen molar-refractivity contribution in [2.45, 2.75) is 48.1 Å². The van der Waals surface area contributed by atoms with Gasteiger partial charge < -0.3 is 5.43 Å². The number of aryl methyl sites for hydroxylation is 1. The van der Waals surface area contributed by atoms with Crippen molar-refractivity contribution < 1.29 is 0 Å². The number of nitrogens with zero attached hydrogens (tertiary/aromatic N) is 1. The number of nitrogens with one attached hydrogen (secondary N) is 1. The molecule has 0 aliphatic rings. The largest absolute Gasteiger partial charge is 0.308 e. The summed E-state index contributed by atoms with van der Waals surface area (Å²) in [6, 6.07) is 8.64. The van der Waals surface area contributed by atoms with Gasteiger partial charge in [0.2, 0.25) is 0 Å². The van der Waals surface area contributed by atoms with Crippen LogP contribution >= 0.6 is 0 Å². The maximum Gasteiger partial charge on any atom is 0.0540 e. The minimum atomic E-state index is 0. The lowest BCUT2D eigenvalue weighted by atomic mass is 10.2. The third kappa shape index (κ3) is 8.04. The van der Waals surface area contributed by atoms with E-state index in [1.807, 2.05) is 32.2 Å². The number of rotatable bonds is 3. The third-order valence-electron chi connectivity index (χ3n) is 1.59.